The Kier molecular flexibility index (Phi) is 4.38. The lowest BCUT2D eigenvalue weighted by molar-refractivity contribution is 0.0991. The van der Waals surface area contributed by atoms with Gasteiger partial charge in [0, 0.05) is 11.8 Å². The first-order chi connectivity index (χ1) is 11.3. The monoisotopic (exact) mass is 305 g/mol. The van der Waals surface area contributed by atoms with Crippen molar-refractivity contribution in [3.63, 3.8) is 0 Å². The number of ketones is 1. The molecule has 23 heavy (non-hydrogen) atoms. The molecule has 0 aliphatic heterocycles. The lowest BCUT2D eigenvalue weighted by Crippen LogP contribution is -2.06. The van der Waals surface area contributed by atoms with Crippen molar-refractivity contribution in [1.82, 2.24) is 15.2 Å². The van der Waals surface area contributed by atoms with Gasteiger partial charge in [-0.2, -0.15) is 5.10 Å². The first-order valence-corrected chi connectivity index (χ1v) is 7.17. The van der Waals surface area contributed by atoms with Gasteiger partial charge in [-0.05, 0) is 48.5 Å². The average molecular weight is 305 g/mol. The topological polar surface area (TPSA) is 65.0 Å². The van der Waals surface area contributed by atoms with E-state index in [-0.39, 0.29) is 12.2 Å². The number of hydrogen-bond donors (Lipinski definition) is 0. The van der Waals surface area contributed by atoms with E-state index < -0.39 is 0 Å². The molecule has 2 heterocycles. The number of rotatable bonds is 5. The van der Waals surface area contributed by atoms with E-state index in [1.807, 2.05) is 24.3 Å². The highest BCUT2D eigenvalue weighted by Crippen LogP contribution is 2.15. The lowest BCUT2D eigenvalue weighted by Gasteiger charge is -2.03. The van der Waals surface area contributed by atoms with Gasteiger partial charge in [0.1, 0.15) is 11.4 Å². The van der Waals surface area contributed by atoms with Gasteiger partial charge in [0.2, 0.25) is 0 Å². The Morgan fingerprint density at radius 3 is 2.39 bits per heavy atom. The highest BCUT2D eigenvalue weighted by atomic mass is 16.5. The van der Waals surface area contributed by atoms with Crippen LogP contribution in [0.5, 0.6) is 5.75 Å². The molecule has 0 unspecified atom stereocenters. The van der Waals surface area contributed by atoms with Crippen molar-refractivity contribution >= 4 is 5.78 Å². The van der Waals surface area contributed by atoms with Gasteiger partial charge in [-0.25, -0.2) is 0 Å². The van der Waals surface area contributed by atoms with Gasteiger partial charge in [0.05, 0.1) is 24.9 Å². The van der Waals surface area contributed by atoms with Crippen LogP contribution >= 0.6 is 0 Å². The van der Waals surface area contributed by atoms with Crippen molar-refractivity contribution < 1.29 is 9.53 Å². The van der Waals surface area contributed by atoms with Crippen molar-refractivity contribution in [3.8, 4) is 17.1 Å². The highest BCUT2D eigenvalue weighted by Gasteiger charge is 2.09. The summed E-state index contributed by atoms with van der Waals surface area (Å²) in [4.78, 5) is 16.5. The number of methoxy groups -OCH3 is 1. The molecule has 0 aliphatic rings. The maximum absolute atomic E-state index is 12.2. The number of pyridine rings is 1. The number of nitrogens with zero attached hydrogens (tertiary/aromatic N) is 3. The molecule has 0 radical (unpaired) electrons. The molecule has 5 nitrogen and oxygen atoms in total. The molecule has 0 N–H and O–H groups in total. The van der Waals surface area contributed by atoms with Crippen LogP contribution in [0.1, 0.15) is 16.1 Å². The molecule has 2 aromatic heterocycles. The number of benzene rings is 1. The molecule has 3 aromatic rings. The average Bonchev–Trinajstić information content (AvgIpc) is 2.63. The van der Waals surface area contributed by atoms with Crippen molar-refractivity contribution in [2.24, 2.45) is 0 Å². The molecule has 0 saturated carbocycles. The molecule has 0 spiro atoms. The minimum Gasteiger partial charge on any atom is -0.497 e. The zero-order chi connectivity index (χ0) is 16.1. The molecule has 0 aliphatic carbocycles. The summed E-state index contributed by atoms with van der Waals surface area (Å²) in [6.45, 7) is 0. The third-order valence-corrected chi connectivity index (χ3v) is 3.40. The molecule has 1 aromatic carbocycles. The zero-order valence-electron chi connectivity index (χ0n) is 12.6. The van der Waals surface area contributed by atoms with Crippen LogP contribution in [-0.2, 0) is 6.42 Å². The molecule has 0 fully saturated rings. The summed E-state index contributed by atoms with van der Waals surface area (Å²) < 4.78 is 5.08. The number of hydrogen-bond acceptors (Lipinski definition) is 5. The van der Waals surface area contributed by atoms with Gasteiger partial charge in [-0.3, -0.25) is 9.78 Å². The van der Waals surface area contributed by atoms with E-state index in [1.165, 1.54) is 0 Å². The SMILES string of the molecule is COc1ccc(C(=O)Cc2ccc(-c3ccccn3)nn2)cc1. The molecule has 0 bridgehead atoms. The fraction of sp³-hybridized carbons (Fsp3) is 0.111. The van der Waals surface area contributed by atoms with Crippen molar-refractivity contribution in [2.75, 3.05) is 7.11 Å². The van der Waals surface area contributed by atoms with Crippen LogP contribution in [0.2, 0.25) is 0 Å². The smallest absolute Gasteiger partial charge is 0.168 e. The van der Waals surface area contributed by atoms with E-state index in [0.29, 0.717) is 17.0 Å². The summed E-state index contributed by atoms with van der Waals surface area (Å²) in [6, 6.07) is 16.3. The number of aromatic nitrogens is 3. The minimum atomic E-state index is -0.00691. The minimum absolute atomic E-state index is 0.00691. The highest BCUT2D eigenvalue weighted by molar-refractivity contribution is 5.97. The second-order valence-electron chi connectivity index (χ2n) is 4.95. The number of carbonyl (C=O) groups excluding carboxylic acids is 1. The van der Waals surface area contributed by atoms with Crippen LogP contribution in [0, 0.1) is 0 Å². The van der Waals surface area contributed by atoms with Gasteiger partial charge in [-0.1, -0.05) is 6.07 Å². The van der Waals surface area contributed by atoms with Crippen LogP contribution in [0.4, 0.5) is 0 Å². The van der Waals surface area contributed by atoms with Crippen LogP contribution < -0.4 is 4.74 Å². The quantitative estimate of drug-likeness (QED) is 0.678. The third-order valence-electron chi connectivity index (χ3n) is 3.40. The van der Waals surface area contributed by atoms with Crippen LogP contribution in [-0.4, -0.2) is 28.1 Å². The molecule has 5 heteroatoms. The van der Waals surface area contributed by atoms with Gasteiger partial charge in [0.25, 0.3) is 0 Å². The number of Topliss-reactive ketones (excluding diaryl/α,β-unsaturated/α-hetero) is 1. The Hall–Kier alpha value is -3.08. The fourth-order valence-electron chi connectivity index (χ4n) is 2.15. The van der Waals surface area contributed by atoms with Gasteiger partial charge in [-0.15, -0.1) is 5.10 Å². The van der Waals surface area contributed by atoms with Gasteiger partial charge in [0.15, 0.2) is 5.78 Å². The van der Waals surface area contributed by atoms with E-state index in [2.05, 4.69) is 15.2 Å². The molecule has 0 amide bonds. The van der Waals surface area contributed by atoms with Crippen LogP contribution in [0.25, 0.3) is 11.4 Å². The summed E-state index contributed by atoms with van der Waals surface area (Å²) in [5, 5.41) is 8.26. The molecular weight excluding hydrogens is 290 g/mol. The van der Waals surface area contributed by atoms with E-state index in [9.17, 15) is 4.79 Å². The van der Waals surface area contributed by atoms with Gasteiger partial charge < -0.3 is 4.74 Å². The van der Waals surface area contributed by atoms with Gasteiger partial charge >= 0.3 is 0 Å². The summed E-state index contributed by atoms with van der Waals surface area (Å²) in [5.41, 5.74) is 2.70. The second-order valence-corrected chi connectivity index (χ2v) is 4.95. The summed E-state index contributed by atoms with van der Waals surface area (Å²) in [7, 11) is 1.59. The van der Waals surface area contributed by atoms with E-state index in [4.69, 9.17) is 4.74 Å². The Labute approximate surface area is 134 Å². The maximum Gasteiger partial charge on any atom is 0.168 e. The third kappa shape index (κ3) is 3.58. The van der Waals surface area contributed by atoms with Crippen molar-refractivity contribution in [2.45, 2.75) is 6.42 Å². The standard InChI is InChI=1S/C18H15N3O2/c1-23-15-8-5-13(6-9-15)18(22)12-14-7-10-17(21-20-14)16-4-2-3-11-19-16/h2-11H,12H2,1H3. The lowest BCUT2D eigenvalue weighted by atomic mass is 10.1. The maximum atomic E-state index is 12.2. The Morgan fingerprint density at radius 1 is 0.957 bits per heavy atom. The first kappa shape index (κ1) is 14.8. The Balaban J connectivity index is 1.71. The van der Waals surface area contributed by atoms with Crippen molar-refractivity contribution in [1.29, 1.82) is 0 Å². The van der Waals surface area contributed by atoms with Crippen LogP contribution in [0.15, 0.2) is 60.8 Å². The number of carbonyl (C=O) groups is 1. The normalized spacial score (nSPS) is 10.3. The molecule has 0 saturated heterocycles. The van der Waals surface area contributed by atoms with Crippen LogP contribution in [0.3, 0.4) is 0 Å². The Morgan fingerprint density at radius 2 is 1.78 bits per heavy atom. The van der Waals surface area contributed by atoms with E-state index in [0.717, 1.165) is 11.4 Å². The molecule has 3 rings (SSSR count). The predicted octanol–water partition coefficient (Wildman–Crippen LogP) is 2.97. The summed E-state index contributed by atoms with van der Waals surface area (Å²) >= 11 is 0. The largest absolute Gasteiger partial charge is 0.497 e. The zero-order valence-corrected chi connectivity index (χ0v) is 12.6. The Bertz CT molecular complexity index is 785. The summed E-state index contributed by atoms with van der Waals surface area (Å²) in [5.74, 6) is 0.716. The first-order valence-electron chi connectivity index (χ1n) is 7.17. The predicted molar refractivity (Wildman–Crippen MR) is 86.3 cm³/mol. The second kappa shape index (κ2) is 6.79. The molecule has 114 valence electrons. The summed E-state index contributed by atoms with van der Waals surface area (Å²) in [6.07, 6.45) is 1.92. The van der Waals surface area contributed by atoms with E-state index >= 15 is 0 Å². The van der Waals surface area contributed by atoms with Crippen molar-refractivity contribution in [3.05, 3.63) is 72.1 Å². The molecular formula is C18H15N3O2. The number of ether oxygens (including phenoxy) is 1. The fourth-order valence-corrected chi connectivity index (χ4v) is 2.15. The molecule has 0 atom stereocenters. The van der Waals surface area contributed by atoms with E-state index in [1.54, 1.807) is 43.6 Å².